The lowest BCUT2D eigenvalue weighted by Crippen LogP contribution is -2.30. The maximum absolute atomic E-state index is 12.8. The first-order chi connectivity index (χ1) is 32.0. The number of carbonyl (C=O) groups is 3. The molecule has 0 bridgehead atoms. The number of unbranched alkanes of at least 4 members (excludes halogenated alkanes) is 26. The highest BCUT2D eigenvalue weighted by molar-refractivity contribution is 5.71. The zero-order valence-corrected chi connectivity index (χ0v) is 42.7. The number of hydrogen-bond acceptors (Lipinski definition) is 6. The van der Waals surface area contributed by atoms with E-state index in [0.29, 0.717) is 19.3 Å². The van der Waals surface area contributed by atoms with Gasteiger partial charge in [0.25, 0.3) is 0 Å². The summed E-state index contributed by atoms with van der Waals surface area (Å²) < 4.78 is 16.8. The van der Waals surface area contributed by atoms with Gasteiger partial charge in [-0.25, -0.2) is 0 Å². The molecule has 0 saturated heterocycles. The molecule has 0 radical (unpaired) electrons. The van der Waals surface area contributed by atoms with Crippen molar-refractivity contribution >= 4 is 17.9 Å². The fraction of sp³-hybridized carbons (Fsp3) is 0.746. The predicted octanol–water partition coefficient (Wildman–Crippen LogP) is 18.2. The quantitative estimate of drug-likeness (QED) is 0.0262. The predicted molar refractivity (Wildman–Crippen MR) is 279 cm³/mol. The molecule has 0 N–H and O–H groups in total. The molecule has 6 nitrogen and oxygen atoms in total. The van der Waals surface area contributed by atoms with Crippen molar-refractivity contribution < 1.29 is 28.6 Å². The third kappa shape index (κ3) is 51.7. The Morgan fingerprint density at radius 3 is 1.03 bits per heavy atom. The Bertz CT molecular complexity index is 1230. The number of esters is 3. The number of hydrogen-bond donors (Lipinski definition) is 0. The van der Waals surface area contributed by atoms with Crippen LogP contribution in [-0.4, -0.2) is 37.2 Å². The fourth-order valence-corrected chi connectivity index (χ4v) is 7.59. The molecule has 0 saturated carbocycles. The fourth-order valence-electron chi connectivity index (χ4n) is 7.59. The van der Waals surface area contributed by atoms with Crippen LogP contribution in [0.5, 0.6) is 0 Å². The van der Waals surface area contributed by atoms with Crippen molar-refractivity contribution in [2.24, 2.45) is 0 Å². The van der Waals surface area contributed by atoms with Crippen molar-refractivity contribution in [3.63, 3.8) is 0 Å². The highest BCUT2D eigenvalue weighted by atomic mass is 16.6. The SMILES string of the molecule is CC/C=C\C/C=C\C/C=C\C/C=C\CCCCC(=O)OC(COC(=O)CCCCCCC/C=C\C/C=C\CCC)COC(=O)CCCCCCCCCCCCCCCCCCCCC. The van der Waals surface area contributed by atoms with Gasteiger partial charge in [0.05, 0.1) is 0 Å². The summed E-state index contributed by atoms with van der Waals surface area (Å²) >= 11 is 0. The lowest BCUT2D eigenvalue weighted by atomic mass is 10.0. The largest absolute Gasteiger partial charge is 0.462 e. The van der Waals surface area contributed by atoms with E-state index in [2.05, 4.69) is 93.7 Å². The van der Waals surface area contributed by atoms with Crippen LogP contribution >= 0.6 is 0 Å². The summed E-state index contributed by atoms with van der Waals surface area (Å²) in [7, 11) is 0. The third-order valence-electron chi connectivity index (χ3n) is 11.7. The van der Waals surface area contributed by atoms with Crippen molar-refractivity contribution in [1.29, 1.82) is 0 Å². The van der Waals surface area contributed by atoms with Crippen molar-refractivity contribution in [2.75, 3.05) is 13.2 Å². The topological polar surface area (TPSA) is 78.9 Å². The van der Waals surface area contributed by atoms with E-state index in [-0.39, 0.29) is 37.5 Å². The minimum atomic E-state index is -0.801. The zero-order chi connectivity index (χ0) is 47.2. The molecule has 374 valence electrons. The summed E-state index contributed by atoms with van der Waals surface area (Å²) in [5.74, 6) is -0.945. The Hall–Kier alpha value is -3.15. The lowest BCUT2D eigenvalue weighted by Gasteiger charge is -2.18. The second-order valence-corrected chi connectivity index (χ2v) is 18.1. The molecule has 0 aliphatic carbocycles. The molecule has 0 fully saturated rings. The van der Waals surface area contributed by atoms with E-state index >= 15 is 0 Å². The molecule has 0 aromatic carbocycles. The van der Waals surface area contributed by atoms with Crippen molar-refractivity contribution in [3.05, 3.63) is 72.9 Å². The van der Waals surface area contributed by atoms with Gasteiger partial charge in [-0.1, -0.05) is 235 Å². The van der Waals surface area contributed by atoms with Crippen LogP contribution in [0.25, 0.3) is 0 Å². The molecular formula is C59H102O6. The molecule has 0 spiro atoms. The monoisotopic (exact) mass is 907 g/mol. The van der Waals surface area contributed by atoms with E-state index in [1.807, 2.05) is 0 Å². The highest BCUT2D eigenvalue weighted by Crippen LogP contribution is 2.16. The van der Waals surface area contributed by atoms with E-state index in [0.717, 1.165) is 109 Å². The second-order valence-electron chi connectivity index (χ2n) is 18.1. The summed E-state index contributed by atoms with van der Waals surface area (Å²) in [6, 6.07) is 0. The van der Waals surface area contributed by atoms with Gasteiger partial charge in [-0.05, 0) is 83.5 Å². The van der Waals surface area contributed by atoms with Gasteiger partial charge in [0.1, 0.15) is 13.2 Å². The van der Waals surface area contributed by atoms with E-state index in [1.165, 1.54) is 109 Å². The Labute approximate surface area is 402 Å². The molecule has 0 aromatic rings. The Kier molecular flexibility index (Phi) is 50.9. The number of ether oxygens (including phenoxy) is 3. The Morgan fingerprint density at radius 1 is 0.323 bits per heavy atom. The van der Waals surface area contributed by atoms with Crippen LogP contribution in [0.1, 0.15) is 265 Å². The van der Waals surface area contributed by atoms with Gasteiger partial charge < -0.3 is 14.2 Å². The molecule has 0 aliphatic rings. The van der Waals surface area contributed by atoms with Crippen molar-refractivity contribution in [2.45, 2.75) is 271 Å². The van der Waals surface area contributed by atoms with Gasteiger partial charge in [0.2, 0.25) is 0 Å². The summed E-state index contributed by atoms with van der Waals surface area (Å²) in [4.78, 5) is 38.0. The standard InChI is InChI=1S/C59H102O6/c1-4-7-10-13-16-19-22-25-27-28-29-30-32-34-37-40-43-46-49-52-58(61)64-55-56(54-63-57(60)51-48-45-42-39-36-33-24-21-18-15-12-9-6-3)65-59(62)53-50-47-44-41-38-35-31-26-23-20-17-14-11-8-5-2/h8,11-12,15,17,20-21,24,26,31,38,41,56H,4-7,9-10,13-14,16,18-19,22-23,25,27-30,32-37,39-40,42-55H2,1-3H3/b11-8-,15-12-,20-17-,24-21-,31-26-,41-38-. The van der Waals surface area contributed by atoms with Gasteiger partial charge in [0.15, 0.2) is 6.10 Å². The summed E-state index contributed by atoms with van der Waals surface area (Å²) in [5.41, 5.74) is 0. The molecule has 1 atom stereocenters. The minimum absolute atomic E-state index is 0.0948. The number of allylic oxidation sites excluding steroid dienone is 12. The minimum Gasteiger partial charge on any atom is -0.462 e. The first-order valence-electron chi connectivity index (χ1n) is 27.4. The number of carbonyl (C=O) groups excluding carboxylic acids is 3. The molecule has 1 unspecified atom stereocenters. The van der Waals surface area contributed by atoms with Crippen LogP contribution in [0.2, 0.25) is 0 Å². The molecule has 0 aromatic heterocycles. The first-order valence-corrected chi connectivity index (χ1v) is 27.4. The van der Waals surface area contributed by atoms with Gasteiger partial charge >= 0.3 is 17.9 Å². The van der Waals surface area contributed by atoms with E-state index in [9.17, 15) is 14.4 Å². The smallest absolute Gasteiger partial charge is 0.306 e. The summed E-state index contributed by atoms with van der Waals surface area (Å²) in [5, 5.41) is 0. The van der Waals surface area contributed by atoms with Crippen LogP contribution < -0.4 is 0 Å². The van der Waals surface area contributed by atoms with Gasteiger partial charge in [0, 0.05) is 19.3 Å². The van der Waals surface area contributed by atoms with Crippen LogP contribution in [0.4, 0.5) is 0 Å². The first kappa shape index (κ1) is 61.9. The highest BCUT2D eigenvalue weighted by Gasteiger charge is 2.19. The molecule has 0 rings (SSSR count). The van der Waals surface area contributed by atoms with Crippen LogP contribution in [0, 0.1) is 0 Å². The van der Waals surface area contributed by atoms with Gasteiger partial charge in [-0.3, -0.25) is 14.4 Å². The van der Waals surface area contributed by atoms with Crippen LogP contribution in [0.3, 0.4) is 0 Å². The lowest BCUT2D eigenvalue weighted by molar-refractivity contribution is -0.167. The summed E-state index contributed by atoms with van der Waals surface area (Å²) in [6.45, 7) is 6.43. The van der Waals surface area contributed by atoms with Crippen molar-refractivity contribution in [1.82, 2.24) is 0 Å². The van der Waals surface area contributed by atoms with Gasteiger partial charge in [-0.2, -0.15) is 0 Å². The van der Waals surface area contributed by atoms with E-state index in [4.69, 9.17) is 14.2 Å². The molecule has 6 heteroatoms. The summed E-state index contributed by atoms with van der Waals surface area (Å²) in [6.07, 6.45) is 67.5. The molecule has 65 heavy (non-hydrogen) atoms. The second kappa shape index (κ2) is 53.5. The normalized spacial score (nSPS) is 12.6. The number of rotatable bonds is 49. The maximum atomic E-state index is 12.8. The average molecular weight is 907 g/mol. The van der Waals surface area contributed by atoms with E-state index in [1.54, 1.807) is 0 Å². The Balaban J connectivity index is 4.40. The van der Waals surface area contributed by atoms with Gasteiger partial charge in [-0.15, -0.1) is 0 Å². The molecule has 0 aliphatic heterocycles. The van der Waals surface area contributed by atoms with Crippen LogP contribution in [0.15, 0.2) is 72.9 Å². The third-order valence-corrected chi connectivity index (χ3v) is 11.7. The van der Waals surface area contributed by atoms with E-state index < -0.39 is 6.10 Å². The average Bonchev–Trinajstić information content (AvgIpc) is 3.30. The molecule has 0 heterocycles. The zero-order valence-electron chi connectivity index (χ0n) is 42.7. The maximum Gasteiger partial charge on any atom is 0.306 e. The Morgan fingerprint density at radius 2 is 0.631 bits per heavy atom. The molecule has 0 amide bonds. The molecular weight excluding hydrogens is 805 g/mol. The van der Waals surface area contributed by atoms with Crippen molar-refractivity contribution in [3.8, 4) is 0 Å². The van der Waals surface area contributed by atoms with Crippen LogP contribution in [-0.2, 0) is 28.6 Å².